The average molecular weight is 633 g/mol. The van der Waals surface area contributed by atoms with Gasteiger partial charge < -0.3 is 9.13 Å². The first-order valence-electron chi connectivity index (χ1n) is 16.6. The van der Waals surface area contributed by atoms with Gasteiger partial charge in [0.1, 0.15) is 0 Å². The van der Waals surface area contributed by atoms with Crippen LogP contribution in [0.5, 0.6) is 0 Å². The molecular formula is C45H32N2S. The van der Waals surface area contributed by atoms with Gasteiger partial charge in [-0.05, 0) is 104 Å². The minimum absolute atomic E-state index is 1.20. The number of aromatic nitrogens is 2. The second-order valence-electron chi connectivity index (χ2n) is 13.2. The number of thiophene rings is 1. The minimum atomic E-state index is 1.20. The zero-order valence-electron chi connectivity index (χ0n) is 27.1. The Kier molecular flexibility index (Phi) is 5.82. The lowest BCUT2D eigenvalue weighted by Crippen LogP contribution is -2.00. The van der Waals surface area contributed by atoms with Crippen molar-refractivity contribution in [3.63, 3.8) is 0 Å². The van der Waals surface area contributed by atoms with Crippen LogP contribution in [0.2, 0.25) is 0 Å². The van der Waals surface area contributed by atoms with Crippen LogP contribution in [0.4, 0.5) is 0 Å². The van der Waals surface area contributed by atoms with Crippen LogP contribution < -0.4 is 0 Å². The third-order valence-corrected chi connectivity index (χ3v) is 11.3. The van der Waals surface area contributed by atoms with Gasteiger partial charge >= 0.3 is 0 Å². The third-order valence-electron chi connectivity index (χ3n) is 10.2. The fourth-order valence-electron chi connectivity index (χ4n) is 8.20. The Labute approximate surface area is 282 Å². The first kappa shape index (κ1) is 27.5. The number of fused-ring (bicyclic) bond motifs is 9. The number of rotatable bonds is 3. The molecule has 3 heterocycles. The molecule has 0 aliphatic carbocycles. The highest BCUT2D eigenvalue weighted by Crippen LogP contribution is 2.40. The van der Waals surface area contributed by atoms with Crippen molar-refractivity contribution in [1.29, 1.82) is 0 Å². The van der Waals surface area contributed by atoms with Crippen LogP contribution in [0.15, 0.2) is 140 Å². The van der Waals surface area contributed by atoms with Gasteiger partial charge in [0, 0.05) is 47.4 Å². The molecule has 0 fully saturated rings. The summed E-state index contributed by atoms with van der Waals surface area (Å²) < 4.78 is 7.56. The molecular weight excluding hydrogens is 601 g/mol. The van der Waals surface area contributed by atoms with E-state index in [1.165, 1.54) is 103 Å². The van der Waals surface area contributed by atoms with Crippen LogP contribution in [-0.4, -0.2) is 9.13 Å². The Morgan fingerprint density at radius 2 is 0.917 bits per heavy atom. The van der Waals surface area contributed by atoms with Crippen molar-refractivity contribution in [2.75, 3.05) is 0 Å². The monoisotopic (exact) mass is 632 g/mol. The van der Waals surface area contributed by atoms with Crippen molar-refractivity contribution < 1.29 is 0 Å². The molecule has 3 heteroatoms. The molecule has 10 rings (SSSR count). The molecule has 228 valence electrons. The molecule has 0 bridgehead atoms. The van der Waals surface area contributed by atoms with Crippen molar-refractivity contribution in [2.45, 2.75) is 20.8 Å². The Hall–Kier alpha value is -5.64. The lowest BCUT2D eigenvalue weighted by Gasteiger charge is -2.15. The van der Waals surface area contributed by atoms with E-state index in [1.54, 1.807) is 0 Å². The molecule has 10 aromatic rings. The molecule has 48 heavy (non-hydrogen) atoms. The molecule has 2 nitrogen and oxygen atoms in total. The molecule has 0 unspecified atom stereocenters. The lowest BCUT2D eigenvalue weighted by molar-refractivity contribution is 1.11. The zero-order valence-corrected chi connectivity index (χ0v) is 27.9. The summed E-state index contributed by atoms with van der Waals surface area (Å²) in [5, 5.41) is 7.74. The summed E-state index contributed by atoms with van der Waals surface area (Å²) in [5.41, 5.74) is 13.8. The van der Waals surface area contributed by atoms with E-state index < -0.39 is 0 Å². The summed E-state index contributed by atoms with van der Waals surface area (Å²) in [4.78, 5) is 0. The Bertz CT molecular complexity index is 2910. The maximum absolute atomic E-state index is 2.46. The van der Waals surface area contributed by atoms with Gasteiger partial charge in [0.15, 0.2) is 0 Å². The highest BCUT2D eigenvalue weighted by Gasteiger charge is 2.18. The first-order chi connectivity index (χ1) is 23.5. The van der Waals surface area contributed by atoms with Crippen LogP contribution >= 0.6 is 11.3 Å². The molecule has 0 amide bonds. The largest absolute Gasteiger partial charge is 0.309 e. The molecule has 0 aliphatic heterocycles. The summed E-state index contributed by atoms with van der Waals surface area (Å²) in [6.45, 7) is 6.65. The predicted octanol–water partition coefficient (Wildman–Crippen LogP) is 12.8. The number of benzene rings is 7. The quantitative estimate of drug-likeness (QED) is 0.183. The van der Waals surface area contributed by atoms with Crippen LogP contribution in [0.1, 0.15) is 16.7 Å². The predicted molar refractivity (Wildman–Crippen MR) is 208 cm³/mol. The molecule has 3 aromatic heterocycles. The topological polar surface area (TPSA) is 9.86 Å². The van der Waals surface area contributed by atoms with Gasteiger partial charge in [-0.2, -0.15) is 0 Å². The minimum Gasteiger partial charge on any atom is -0.309 e. The average Bonchev–Trinajstić information content (AvgIpc) is 3.75. The lowest BCUT2D eigenvalue weighted by atomic mass is 10.0. The van der Waals surface area contributed by atoms with Crippen molar-refractivity contribution in [1.82, 2.24) is 9.13 Å². The van der Waals surface area contributed by atoms with E-state index in [-0.39, 0.29) is 0 Å². The summed E-state index contributed by atoms with van der Waals surface area (Å²) in [6, 6.07) is 51.9. The van der Waals surface area contributed by atoms with E-state index in [2.05, 4.69) is 169 Å². The van der Waals surface area contributed by atoms with E-state index >= 15 is 0 Å². The maximum atomic E-state index is 2.46. The summed E-state index contributed by atoms with van der Waals surface area (Å²) in [7, 11) is 0. The van der Waals surface area contributed by atoms with Crippen LogP contribution in [0.25, 0.3) is 86.3 Å². The Balaban J connectivity index is 1.17. The van der Waals surface area contributed by atoms with E-state index in [0.29, 0.717) is 0 Å². The van der Waals surface area contributed by atoms with Crippen LogP contribution in [-0.2, 0) is 0 Å². The molecule has 0 radical (unpaired) electrons. The number of aryl methyl sites for hydroxylation is 3. The van der Waals surface area contributed by atoms with E-state index in [9.17, 15) is 0 Å². The molecule has 0 saturated carbocycles. The highest BCUT2D eigenvalue weighted by molar-refractivity contribution is 7.25. The zero-order chi connectivity index (χ0) is 32.1. The number of nitrogens with zero attached hydrogens (tertiary/aromatic N) is 2. The molecule has 0 atom stereocenters. The Morgan fingerprint density at radius 1 is 0.396 bits per heavy atom. The molecule has 0 spiro atoms. The van der Waals surface area contributed by atoms with Gasteiger partial charge in [0.05, 0.1) is 27.8 Å². The van der Waals surface area contributed by atoms with Gasteiger partial charge in [-0.3, -0.25) is 0 Å². The second kappa shape index (κ2) is 10.2. The van der Waals surface area contributed by atoms with Gasteiger partial charge in [-0.25, -0.2) is 0 Å². The Morgan fingerprint density at radius 3 is 1.58 bits per heavy atom. The fourth-order valence-corrected chi connectivity index (χ4v) is 9.29. The van der Waals surface area contributed by atoms with Gasteiger partial charge in [0.2, 0.25) is 0 Å². The van der Waals surface area contributed by atoms with Crippen LogP contribution in [0.3, 0.4) is 0 Å². The molecule has 7 aromatic carbocycles. The SMILES string of the molecule is Cc1cc(C)c(-n2c3ccccc3c3cc(-c4ccc5c(c4)c4ccccc4n5-c4ccc5sc6ccccc6c5c4)ccc32)c(C)c1. The summed E-state index contributed by atoms with van der Waals surface area (Å²) >= 11 is 1.87. The number of hydrogen-bond donors (Lipinski definition) is 0. The fraction of sp³-hybridized carbons (Fsp3) is 0.0667. The summed E-state index contributed by atoms with van der Waals surface area (Å²) in [6.07, 6.45) is 0. The van der Waals surface area contributed by atoms with Gasteiger partial charge in [-0.1, -0.05) is 84.4 Å². The van der Waals surface area contributed by atoms with E-state index in [0.717, 1.165) is 0 Å². The molecule has 0 N–H and O–H groups in total. The van der Waals surface area contributed by atoms with Crippen molar-refractivity contribution in [3.8, 4) is 22.5 Å². The van der Waals surface area contributed by atoms with Crippen molar-refractivity contribution >= 4 is 75.1 Å². The standard InChI is InChI=1S/C45H32N2S/c1-27-22-28(2)45(29(3)23-27)47-40-14-8-5-11-34(40)37-25-31(17-20-42(37)47)30-16-19-41-36(24-30)33-10-4-7-13-39(33)46(41)32-18-21-44-38(26-32)35-12-6-9-15-43(35)48-44/h4-26H,1-3H3. The smallest absolute Gasteiger partial charge is 0.0541 e. The van der Waals surface area contributed by atoms with E-state index in [1.807, 2.05) is 11.3 Å². The van der Waals surface area contributed by atoms with Gasteiger partial charge in [0.25, 0.3) is 0 Å². The normalized spacial score (nSPS) is 12.1. The van der Waals surface area contributed by atoms with E-state index in [4.69, 9.17) is 0 Å². The van der Waals surface area contributed by atoms with Gasteiger partial charge in [-0.15, -0.1) is 11.3 Å². The third kappa shape index (κ3) is 3.92. The first-order valence-corrected chi connectivity index (χ1v) is 17.4. The van der Waals surface area contributed by atoms with Crippen molar-refractivity contribution in [3.05, 3.63) is 156 Å². The van der Waals surface area contributed by atoms with Crippen LogP contribution in [0, 0.1) is 20.8 Å². The number of hydrogen-bond acceptors (Lipinski definition) is 1. The number of para-hydroxylation sites is 2. The van der Waals surface area contributed by atoms with Crippen molar-refractivity contribution in [2.24, 2.45) is 0 Å². The molecule has 0 saturated heterocycles. The highest BCUT2D eigenvalue weighted by atomic mass is 32.1. The maximum Gasteiger partial charge on any atom is 0.0541 e. The molecule has 0 aliphatic rings. The second-order valence-corrected chi connectivity index (χ2v) is 14.3. The summed E-state index contributed by atoms with van der Waals surface area (Å²) in [5.74, 6) is 0.